The first-order valence-electron chi connectivity index (χ1n) is 3.16. The Hall–Kier alpha value is -0.0800. The first kappa shape index (κ1) is 6.05. The zero-order chi connectivity index (χ0) is 6.04. The Bertz CT molecular complexity index is 74.6. The molecule has 0 spiro atoms. The van der Waals surface area contributed by atoms with Gasteiger partial charge in [-0.25, -0.2) is 0 Å². The van der Waals surface area contributed by atoms with E-state index in [0.29, 0.717) is 5.54 Å². The molecule has 2 heteroatoms. The lowest BCUT2D eigenvalue weighted by Crippen LogP contribution is -2.41. The van der Waals surface area contributed by atoms with E-state index >= 15 is 0 Å². The number of likely N-dealkylation sites (N-methyl/N-ethyl adjacent to an activating group) is 1. The van der Waals surface area contributed by atoms with Crippen LogP contribution >= 0.6 is 0 Å². The summed E-state index contributed by atoms with van der Waals surface area (Å²) in [6, 6.07) is 0. The zero-order valence-corrected chi connectivity index (χ0v) is 5.62. The van der Waals surface area contributed by atoms with E-state index in [9.17, 15) is 0 Å². The van der Waals surface area contributed by atoms with Crippen LogP contribution in [0, 0.1) is 0 Å². The van der Waals surface area contributed by atoms with Crippen LogP contribution in [0.5, 0.6) is 0 Å². The molecule has 1 aliphatic heterocycles. The zero-order valence-electron chi connectivity index (χ0n) is 5.62. The van der Waals surface area contributed by atoms with E-state index in [2.05, 4.69) is 17.6 Å². The Morgan fingerprint density at radius 1 is 1.62 bits per heavy atom. The highest BCUT2D eigenvalue weighted by atomic mass is 15.1. The molecule has 8 heavy (non-hydrogen) atoms. The maximum absolute atomic E-state index is 3.30. The summed E-state index contributed by atoms with van der Waals surface area (Å²) in [6.45, 7) is 4.52. The molecule has 0 saturated carbocycles. The molecule has 0 aromatic heterocycles. The van der Waals surface area contributed by atoms with Gasteiger partial charge in [0.15, 0.2) is 0 Å². The van der Waals surface area contributed by atoms with Crippen LogP contribution in [0.15, 0.2) is 0 Å². The topological polar surface area (TPSA) is 24.1 Å². The normalized spacial score (nSPS) is 38.2. The van der Waals surface area contributed by atoms with Crippen LogP contribution in [0.25, 0.3) is 0 Å². The van der Waals surface area contributed by atoms with Crippen molar-refractivity contribution in [3.05, 3.63) is 0 Å². The molecule has 48 valence electrons. The van der Waals surface area contributed by atoms with Crippen LogP contribution in [-0.2, 0) is 0 Å². The van der Waals surface area contributed by atoms with E-state index in [1.165, 1.54) is 6.42 Å². The second-order valence-corrected chi connectivity index (χ2v) is 2.74. The van der Waals surface area contributed by atoms with Gasteiger partial charge in [-0.05, 0) is 26.9 Å². The van der Waals surface area contributed by atoms with Gasteiger partial charge >= 0.3 is 0 Å². The molecule has 1 aliphatic rings. The largest absolute Gasteiger partial charge is 0.315 e. The van der Waals surface area contributed by atoms with Crippen LogP contribution in [-0.4, -0.2) is 25.7 Å². The molecule has 2 N–H and O–H groups in total. The summed E-state index contributed by atoms with van der Waals surface area (Å²) >= 11 is 0. The maximum Gasteiger partial charge on any atom is 0.0287 e. The van der Waals surface area contributed by atoms with Crippen LogP contribution in [0.2, 0.25) is 0 Å². The van der Waals surface area contributed by atoms with Crippen LogP contribution in [0.3, 0.4) is 0 Å². The summed E-state index contributed by atoms with van der Waals surface area (Å²) < 4.78 is 0. The summed E-state index contributed by atoms with van der Waals surface area (Å²) in [7, 11) is 2.02. The number of nitrogens with one attached hydrogen (secondary N) is 2. The summed E-state index contributed by atoms with van der Waals surface area (Å²) in [5, 5.41) is 6.58. The second kappa shape index (κ2) is 2.03. The van der Waals surface area contributed by atoms with Crippen molar-refractivity contribution in [1.29, 1.82) is 0 Å². The predicted octanol–water partition coefficient (Wildman–Crippen LogP) is -0.0422. The van der Waals surface area contributed by atoms with E-state index in [4.69, 9.17) is 0 Å². The molecule has 2 nitrogen and oxygen atoms in total. The fourth-order valence-corrected chi connectivity index (χ4v) is 1.03. The van der Waals surface area contributed by atoms with E-state index < -0.39 is 0 Å². The molecule has 1 rings (SSSR count). The van der Waals surface area contributed by atoms with Crippen molar-refractivity contribution in [3.63, 3.8) is 0 Å². The molecule has 1 saturated heterocycles. The predicted molar refractivity (Wildman–Crippen MR) is 35.0 cm³/mol. The summed E-state index contributed by atoms with van der Waals surface area (Å²) in [5.41, 5.74) is 0.375. The van der Waals surface area contributed by atoms with E-state index in [-0.39, 0.29) is 0 Å². The first-order chi connectivity index (χ1) is 3.77. The highest BCUT2D eigenvalue weighted by Gasteiger charge is 2.25. The Balaban J connectivity index is 2.40. The van der Waals surface area contributed by atoms with Crippen LogP contribution in [0.4, 0.5) is 0 Å². The van der Waals surface area contributed by atoms with Gasteiger partial charge in [0.1, 0.15) is 0 Å². The minimum atomic E-state index is 0.375. The van der Waals surface area contributed by atoms with Crippen LogP contribution in [0.1, 0.15) is 13.3 Å². The van der Waals surface area contributed by atoms with Crippen molar-refractivity contribution in [3.8, 4) is 0 Å². The smallest absolute Gasteiger partial charge is 0.0287 e. The third-order valence-electron chi connectivity index (χ3n) is 1.97. The molecule has 0 aliphatic carbocycles. The van der Waals surface area contributed by atoms with Gasteiger partial charge in [0, 0.05) is 12.1 Å². The second-order valence-electron chi connectivity index (χ2n) is 2.74. The molecule has 0 radical (unpaired) electrons. The number of hydrogen-bond donors (Lipinski definition) is 2. The fraction of sp³-hybridized carbons (Fsp3) is 1.00. The third-order valence-corrected chi connectivity index (χ3v) is 1.97. The van der Waals surface area contributed by atoms with Gasteiger partial charge in [-0.1, -0.05) is 0 Å². The highest BCUT2D eigenvalue weighted by Crippen LogP contribution is 2.10. The van der Waals surface area contributed by atoms with Crippen molar-refractivity contribution < 1.29 is 0 Å². The van der Waals surface area contributed by atoms with E-state index in [1.807, 2.05) is 7.05 Å². The minimum absolute atomic E-state index is 0.375. The van der Waals surface area contributed by atoms with Gasteiger partial charge in [0.05, 0.1) is 0 Å². The molecular formula is C6H14N2. The number of rotatable bonds is 1. The molecule has 0 aromatic rings. The van der Waals surface area contributed by atoms with Crippen molar-refractivity contribution in [2.45, 2.75) is 18.9 Å². The highest BCUT2D eigenvalue weighted by molar-refractivity contribution is 4.89. The monoisotopic (exact) mass is 114 g/mol. The minimum Gasteiger partial charge on any atom is -0.315 e. The molecule has 0 bridgehead atoms. The van der Waals surface area contributed by atoms with Gasteiger partial charge in [-0.3, -0.25) is 0 Å². The lowest BCUT2D eigenvalue weighted by molar-refractivity contribution is 0.424. The van der Waals surface area contributed by atoms with Crippen molar-refractivity contribution in [2.75, 3.05) is 20.1 Å². The van der Waals surface area contributed by atoms with E-state index in [1.54, 1.807) is 0 Å². The molecule has 0 unspecified atom stereocenters. The van der Waals surface area contributed by atoms with E-state index in [0.717, 1.165) is 13.1 Å². The van der Waals surface area contributed by atoms with Crippen LogP contribution < -0.4 is 10.6 Å². The average Bonchev–Trinajstić information content (AvgIpc) is 2.17. The summed E-state index contributed by atoms with van der Waals surface area (Å²) in [4.78, 5) is 0. The number of hydrogen-bond acceptors (Lipinski definition) is 2. The fourth-order valence-electron chi connectivity index (χ4n) is 1.03. The lowest BCUT2D eigenvalue weighted by Gasteiger charge is -2.20. The molecule has 0 aromatic carbocycles. The van der Waals surface area contributed by atoms with Crippen molar-refractivity contribution >= 4 is 0 Å². The average molecular weight is 114 g/mol. The van der Waals surface area contributed by atoms with Gasteiger partial charge < -0.3 is 10.6 Å². The van der Waals surface area contributed by atoms with Gasteiger partial charge in [-0.15, -0.1) is 0 Å². The summed E-state index contributed by atoms with van der Waals surface area (Å²) in [6.07, 6.45) is 1.25. The van der Waals surface area contributed by atoms with Gasteiger partial charge in [0.25, 0.3) is 0 Å². The Morgan fingerprint density at radius 3 is 2.62 bits per heavy atom. The van der Waals surface area contributed by atoms with Gasteiger partial charge in [0.2, 0.25) is 0 Å². The third kappa shape index (κ3) is 1.01. The van der Waals surface area contributed by atoms with Crippen molar-refractivity contribution in [2.24, 2.45) is 0 Å². The molecule has 1 fully saturated rings. The maximum atomic E-state index is 3.30. The van der Waals surface area contributed by atoms with Crippen molar-refractivity contribution in [1.82, 2.24) is 10.6 Å². The molecule has 0 amide bonds. The molecular weight excluding hydrogens is 100 g/mol. The van der Waals surface area contributed by atoms with Gasteiger partial charge in [-0.2, -0.15) is 0 Å². The Morgan fingerprint density at radius 2 is 2.38 bits per heavy atom. The summed E-state index contributed by atoms with van der Waals surface area (Å²) in [5.74, 6) is 0. The Kier molecular flexibility index (Phi) is 1.54. The molecule has 1 atom stereocenters. The molecule has 1 heterocycles. The quantitative estimate of drug-likeness (QED) is 0.500. The first-order valence-corrected chi connectivity index (χ1v) is 3.16. The Labute approximate surface area is 50.7 Å². The lowest BCUT2D eigenvalue weighted by atomic mass is 10.0. The standard InChI is InChI=1S/C6H14N2/c1-6(7-2)3-4-8-5-6/h7-8H,3-5H2,1-2H3/t6-/m1/s1. The SMILES string of the molecule is CN[C@]1(C)CCNC1.